The summed E-state index contributed by atoms with van der Waals surface area (Å²) in [5.74, 6) is 0. The number of rotatable bonds is 6. The van der Waals surface area contributed by atoms with Crippen LogP contribution in [0.1, 0.15) is 5.56 Å². The first kappa shape index (κ1) is 17.9. The molecule has 2 aromatic rings. The van der Waals surface area contributed by atoms with Crippen LogP contribution in [0.4, 0.5) is 11.4 Å². The molecular weight excluding hydrogens is 356 g/mol. The second kappa shape index (κ2) is 6.98. The van der Waals surface area contributed by atoms with E-state index in [0.717, 1.165) is 4.31 Å². The zero-order chi connectivity index (χ0) is 17.9. The fourth-order valence-corrected chi connectivity index (χ4v) is 3.86. The highest BCUT2D eigenvalue weighted by Gasteiger charge is 2.28. The van der Waals surface area contributed by atoms with Gasteiger partial charge in [0, 0.05) is 12.1 Å². The molecule has 0 N–H and O–H groups in total. The summed E-state index contributed by atoms with van der Waals surface area (Å²) < 4.78 is 26.5. The molecule has 0 atom stereocenters. The lowest BCUT2D eigenvalue weighted by Crippen LogP contribution is -2.35. The van der Waals surface area contributed by atoms with Crippen LogP contribution in [-0.4, -0.2) is 25.1 Å². The van der Waals surface area contributed by atoms with E-state index in [1.807, 2.05) is 0 Å². The average molecular weight is 369 g/mol. The van der Waals surface area contributed by atoms with Gasteiger partial charge in [0.25, 0.3) is 15.7 Å². The van der Waals surface area contributed by atoms with Gasteiger partial charge in [0.15, 0.2) is 0 Å². The highest BCUT2D eigenvalue weighted by Crippen LogP contribution is 2.29. The van der Waals surface area contributed by atoms with Crippen LogP contribution in [0.3, 0.4) is 0 Å². The Hall–Kier alpha value is -2.45. The summed E-state index contributed by atoms with van der Waals surface area (Å²) in [6.45, 7) is 0.936. The Morgan fingerprint density at radius 3 is 2.33 bits per heavy atom. The third-order valence-corrected chi connectivity index (χ3v) is 5.15. The van der Waals surface area contributed by atoms with Gasteiger partial charge in [0.1, 0.15) is 6.54 Å². The second-order valence-electron chi connectivity index (χ2n) is 4.91. The molecule has 7 nitrogen and oxygen atoms in total. The van der Waals surface area contributed by atoms with Crippen LogP contribution in [-0.2, 0) is 14.8 Å². The van der Waals surface area contributed by atoms with Gasteiger partial charge in [-0.2, -0.15) is 0 Å². The highest BCUT2D eigenvalue weighted by molar-refractivity contribution is 7.92. The third-order valence-electron chi connectivity index (χ3n) is 3.26. The summed E-state index contributed by atoms with van der Waals surface area (Å²) in [5.41, 5.74) is 0.311. The van der Waals surface area contributed by atoms with Crippen molar-refractivity contribution in [3.05, 3.63) is 64.2 Å². The van der Waals surface area contributed by atoms with Crippen LogP contribution >= 0.6 is 11.6 Å². The van der Waals surface area contributed by atoms with Gasteiger partial charge in [0.2, 0.25) is 5.24 Å². The third kappa shape index (κ3) is 3.72. The zero-order valence-corrected chi connectivity index (χ0v) is 14.1. The van der Waals surface area contributed by atoms with Gasteiger partial charge in [0.05, 0.1) is 15.5 Å². The van der Waals surface area contributed by atoms with Gasteiger partial charge >= 0.3 is 0 Å². The predicted octanol–water partition coefficient (Wildman–Crippen LogP) is 2.86. The molecule has 0 radical (unpaired) electrons. The maximum atomic E-state index is 12.8. The summed E-state index contributed by atoms with van der Waals surface area (Å²) in [7, 11) is -4.05. The summed E-state index contributed by atoms with van der Waals surface area (Å²) in [5, 5.41) is 9.96. The molecule has 0 saturated heterocycles. The molecule has 0 fully saturated rings. The summed E-state index contributed by atoms with van der Waals surface area (Å²) >= 11 is 5.40. The van der Waals surface area contributed by atoms with E-state index in [9.17, 15) is 23.3 Å². The van der Waals surface area contributed by atoms with E-state index in [-0.39, 0.29) is 16.3 Å². The Kier molecular flexibility index (Phi) is 5.20. The van der Waals surface area contributed by atoms with Gasteiger partial charge < -0.3 is 0 Å². The molecule has 2 rings (SSSR count). The van der Waals surface area contributed by atoms with E-state index < -0.39 is 26.7 Å². The molecule has 0 aliphatic heterocycles. The molecule has 0 aliphatic carbocycles. The molecule has 0 unspecified atom stereocenters. The molecule has 0 bridgehead atoms. The number of anilines is 1. The fraction of sp³-hybridized carbons (Fsp3) is 0.133. The Labute approximate surface area is 143 Å². The minimum Gasteiger partial charge on any atom is -0.279 e. The number of sulfonamides is 1. The number of halogens is 1. The lowest BCUT2D eigenvalue weighted by molar-refractivity contribution is -0.384. The van der Waals surface area contributed by atoms with Crippen LogP contribution in [0.2, 0.25) is 0 Å². The second-order valence-corrected chi connectivity index (χ2v) is 7.19. The summed E-state index contributed by atoms with van der Waals surface area (Å²) in [6.07, 6.45) is 0. The van der Waals surface area contributed by atoms with Crippen LogP contribution < -0.4 is 4.31 Å². The van der Waals surface area contributed by atoms with Crippen molar-refractivity contribution in [2.45, 2.75) is 11.8 Å². The topological polar surface area (TPSA) is 97.6 Å². The van der Waals surface area contributed by atoms with Gasteiger partial charge in [-0.3, -0.25) is 19.2 Å². The molecule has 0 aliphatic rings. The Morgan fingerprint density at radius 2 is 1.83 bits per heavy atom. The Balaban J connectivity index is 2.58. The average Bonchev–Trinajstić information content (AvgIpc) is 2.53. The number of nitro groups is 1. The summed E-state index contributed by atoms with van der Waals surface area (Å²) in [6, 6.07) is 11.2. The van der Waals surface area contributed by atoms with Crippen molar-refractivity contribution in [3.8, 4) is 0 Å². The standard InChI is InChI=1S/C15H13ClN2O5S/c1-11-9-12(18(20)21)7-8-14(11)17(10-15(16)19)24(22,23)13-5-3-2-4-6-13/h2-9H,10H2,1H3. The van der Waals surface area contributed by atoms with E-state index in [0.29, 0.717) is 5.56 Å². The number of aryl methyl sites for hydroxylation is 1. The monoisotopic (exact) mass is 368 g/mol. The van der Waals surface area contributed by atoms with Crippen LogP contribution in [0, 0.1) is 17.0 Å². The number of non-ortho nitro benzene ring substituents is 1. The van der Waals surface area contributed by atoms with Crippen molar-refractivity contribution < 1.29 is 18.1 Å². The molecule has 24 heavy (non-hydrogen) atoms. The van der Waals surface area contributed by atoms with Crippen LogP contribution in [0.15, 0.2) is 53.4 Å². The first-order chi connectivity index (χ1) is 11.2. The summed E-state index contributed by atoms with van der Waals surface area (Å²) in [4.78, 5) is 21.6. The molecule has 2 aromatic carbocycles. The van der Waals surface area contributed by atoms with Crippen molar-refractivity contribution in [2.75, 3.05) is 10.8 Å². The normalized spacial score (nSPS) is 11.1. The number of carbonyl (C=O) groups is 1. The van der Waals surface area contributed by atoms with E-state index in [1.165, 1.54) is 37.3 Å². The number of hydrogen-bond acceptors (Lipinski definition) is 5. The number of hydrogen-bond donors (Lipinski definition) is 0. The SMILES string of the molecule is Cc1cc([N+](=O)[O-])ccc1N(CC(=O)Cl)S(=O)(=O)c1ccccc1. The molecule has 9 heteroatoms. The maximum Gasteiger partial charge on any atom is 0.269 e. The first-order valence-electron chi connectivity index (χ1n) is 6.74. The van der Waals surface area contributed by atoms with Crippen molar-refractivity contribution in [2.24, 2.45) is 0 Å². The highest BCUT2D eigenvalue weighted by atomic mass is 35.5. The van der Waals surface area contributed by atoms with Crippen molar-refractivity contribution >= 4 is 38.2 Å². The van der Waals surface area contributed by atoms with Gasteiger partial charge in [-0.15, -0.1) is 0 Å². The van der Waals surface area contributed by atoms with Gasteiger partial charge in [-0.05, 0) is 42.3 Å². The molecule has 126 valence electrons. The quantitative estimate of drug-likeness (QED) is 0.443. The number of benzene rings is 2. The molecule has 0 spiro atoms. The molecule has 0 amide bonds. The Bertz CT molecular complexity index is 884. The first-order valence-corrected chi connectivity index (χ1v) is 8.56. The minimum atomic E-state index is -4.05. The van der Waals surface area contributed by atoms with Crippen LogP contribution in [0.25, 0.3) is 0 Å². The number of carbonyl (C=O) groups excluding carboxylic acids is 1. The number of nitrogens with zero attached hydrogens (tertiary/aromatic N) is 2. The molecule has 0 aromatic heterocycles. The number of nitro benzene ring substituents is 1. The lowest BCUT2D eigenvalue weighted by Gasteiger charge is -2.24. The van der Waals surface area contributed by atoms with Crippen molar-refractivity contribution in [1.82, 2.24) is 0 Å². The van der Waals surface area contributed by atoms with Crippen molar-refractivity contribution in [1.29, 1.82) is 0 Å². The zero-order valence-electron chi connectivity index (χ0n) is 12.5. The largest absolute Gasteiger partial charge is 0.279 e. The minimum absolute atomic E-state index is 0.0133. The van der Waals surface area contributed by atoms with Crippen molar-refractivity contribution in [3.63, 3.8) is 0 Å². The van der Waals surface area contributed by atoms with E-state index >= 15 is 0 Å². The van der Waals surface area contributed by atoms with Gasteiger partial charge in [-0.25, -0.2) is 8.42 Å². The molecular formula is C15H13ClN2O5S. The lowest BCUT2D eigenvalue weighted by atomic mass is 10.2. The molecule has 0 saturated carbocycles. The van der Waals surface area contributed by atoms with E-state index in [4.69, 9.17) is 11.6 Å². The van der Waals surface area contributed by atoms with E-state index in [2.05, 4.69) is 0 Å². The predicted molar refractivity (Wildman–Crippen MR) is 89.7 cm³/mol. The molecule has 0 heterocycles. The van der Waals surface area contributed by atoms with Crippen LogP contribution in [0.5, 0.6) is 0 Å². The maximum absolute atomic E-state index is 12.8. The fourth-order valence-electron chi connectivity index (χ4n) is 2.17. The Morgan fingerprint density at radius 1 is 1.21 bits per heavy atom. The van der Waals surface area contributed by atoms with E-state index in [1.54, 1.807) is 18.2 Å². The smallest absolute Gasteiger partial charge is 0.269 e. The van der Waals surface area contributed by atoms with Gasteiger partial charge in [-0.1, -0.05) is 18.2 Å².